The lowest BCUT2D eigenvalue weighted by molar-refractivity contribution is 0.960. The van der Waals surface area contributed by atoms with E-state index in [4.69, 9.17) is 0 Å². The van der Waals surface area contributed by atoms with Gasteiger partial charge in [-0.25, -0.2) is 0 Å². The maximum atomic E-state index is 2.28. The van der Waals surface area contributed by atoms with Crippen molar-refractivity contribution in [2.24, 2.45) is 0 Å². The Hall–Kier alpha value is -0.260. The second kappa shape index (κ2) is 4.60. The van der Waals surface area contributed by atoms with E-state index in [9.17, 15) is 0 Å². The smallest absolute Gasteiger partial charge is 0.00583 e. The van der Waals surface area contributed by atoms with Gasteiger partial charge >= 0.3 is 0 Å². The summed E-state index contributed by atoms with van der Waals surface area (Å²) in [4.78, 5) is 0. The summed E-state index contributed by atoms with van der Waals surface area (Å²) < 4.78 is 0. The van der Waals surface area contributed by atoms with Crippen molar-refractivity contribution in [2.75, 3.05) is 0 Å². The van der Waals surface area contributed by atoms with Crippen LogP contribution in [0.1, 0.15) is 40.5 Å². The summed E-state index contributed by atoms with van der Waals surface area (Å²) >= 11 is 0. The van der Waals surface area contributed by atoms with E-state index in [2.05, 4.69) is 33.8 Å². The van der Waals surface area contributed by atoms with Crippen molar-refractivity contribution in [3.8, 4) is 0 Å². The first-order chi connectivity index (χ1) is 4.20. The molecule has 0 saturated heterocycles. The Morgan fingerprint density at radius 2 is 1.67 bits per heavy atom. The van der Waals surface area contributed by atoms with Crippen molar-refractivity contribution in [1.29, 1.82) is 0 Å². The van der Waals surface area contributed by atoms with Gasteiger partial charge < -0.3 is 0 Å². The summed E-state index contributed by atoms with van der Waals surface area (Å²) in [6, 6.07) is 0. The third-order valence-electron chi connectivity index (χ3n) is 1.61. The zero-order valence-corrected chi connectivity index (χ0v) is 6.99. The van der Waals surface area contributed by atoms with Gasteiger partial charge in [0.25, 0.3) is 0 Å². The fourth-order valence-corrected chi connectivity index (χ4v) is 0.625. The Labute approximate surface area is 59.0 Å². The molecule has 0 aliphatic rings. The van der Waals surface area contributed by atoms with E-state index in [0.29, 0.717) is 0 Å². The first-order valence-corrected chi connectivity index (χ1v) is 3.70. The molecule has 0 atom stereocenters. The van der Waals surface area contributed by atoms with E-state index in [1.165, 1.54) is 24.3 Å². The molecule has 0 aromatic rings. The van der Waals surface area contributed by atoms with Crippen LogP contribution in [-0.4, -0.2) is 0 Å². The van der Waals surface area contributed by atoms with Gasteiger partial charge in [-0.15, -0.1) is 0 Å². The van der Waals surface area contributed by atoms with E-state index in [-0.39, 0.29) is 0 Å². The van der Waals surface area contributed by atoms with Gasteiger partial charge in [-0.1, -0.05) is 32.4 Å². The highest BCUT2D eigenvalue weighted by atomic mass is 14.0. The van der Waals surface area contributed by atoms with Crippen LogP contribution in [-0.2, 0) is 0 Å². The van der Waals surface area contributed by atoms with Crippen LogP contribution in [0.25, 0.3) is 0 Å². The molecule has 0 bridgehead atoms. The molecule has 0 aromatic carbocycles. The zero-order chi connectivity index (χ0) is 7.28. The van der Waals surface area contributed by atoms with E-state index in [1.54, 1.807) is 0 Å². The van der Waals surface area contributed by atoms with Crippen molar-refractivity contribution < 1.29 is 0 Å². The van der Waals surface area contributed by atoms with Gasteiger partial charge in [-0.3, -0.25) is 0 Å². The van der Waals surface area contributed by atoms with Crippen LogP contribution in [0.15, 0.2) is 11.6 Å². The SMILES string of the molecule is CC[C](C)C=C(C)CC. The second-order valence-electron chi connectivity index (χ2n) is 2.54. The molecule has 0 rings (SSSR count). The van der Waals surface area contributed by atoms with Gasteiger partial charge in [0, 0.05) is 0 Å². The molecule has 53 valence electrons. The highest BCUT2D eigenvalue weighted by Crippen LogP contribution is 2.10. The summed E-state index contributed by atoms with van der Waals surface area (Å²) in [5.41, 5.74) is 1.48. The predicted molar refractivity (Wildman–Crippen MR) is 43.3 cm³/mol. The molecule has 0 aromatic heterocycles. The Morgan fingerprint density at radius 1 is 1.11 bits per heavy atom. The molecule has 0 aliphatic carbocycles. The van der Waals surface area contributed by atoms with E-state index >= 15 is 0 Å². The maximum absolute atomic E-state index is 2.28. The summed E-state index contributed by atoms with van der Waals surface area (Å²) in [7, 11) is 0. The van der Waals surface area contributed by atoms with Gasteiger partial charge in [0.05, 0.1) is 0 Å². The van der Waals surface area contributed by atoms with Gasteiger partial charge in [0.2, 0.25) is 0 Å². The molecule has 0 aliphatic heterocycles. The third kappa shape index (κ3) is 4.26. The molecule has 0 heterocycles. The van der Waals surface area contributed by atoms with Crippen LogP contribution < -0.4 is 0 Å². The Morgan fingerprint density at radius 3 is 2.00 bits per heavy atom. The van der Waals surface area contributed by atoms with Crippen LogP contribution >= 0.6 is 0 Å². The summed E-state index contributed by atoms with van der Waals surface area (Å²) in [6.07, 6.45) is 4.63. The van der Waals surface area contributed by atoms with Crippen LogP contribution in [0, 0.1) is 5.92 Å². The summed E-state index contributed by atoms with van der Waals surface area (Å²) in [6.45, 7) is 8.74. The number of hydrogen-bond acceptors (Lipinski definition) is 0. The summed E-state index contributed by atoms with van der Waals surface area (Å²) in [5, 5.41) is 0. The van der Waals surface area contributed by atoms with E-state index in [0.717, 1.165) is 0 Å². The molecule has 0 saturated carbocycles. The largest absolute Gasteiger partial charge is 0.0788 e. The molecule has 0 unspecified atom stereocenters. The third-order valence-corrected chi connectivity index (χ3v) is 1.61. The molecule has 0 amide bonds. The van der Waals surface area contributed by atoms with Crippen LogP contribution in [0.2, 0.25) is 0 Å². The molecule has 0 heteroatoms. The van der Waals surface area contributed by atoms with Crippen molar-refractivity contribution in [3.63, 3.8) is 0 Å². The normalized spacial score (nSPS) is 12.8. The quantitative estimate of drug-likeness (QED) is 0.542. The van der Waals surface area contributed by atoms with Crippen molar-refractivity contribution in [2.45, 2.75) is 40.5 Å². The monoisotopic (exact) mass is 125 g/mol. The topological polar surface area (TPSA) is 0 Å². The molecule has 0 fully saturated rings. The maximum Gasteiger partial charge on any atom is -0.00583 e. The first kappa shape index (κ1) is 8.74. The van der Waals surface area contributed by atoms with Gasteiger partial charge in [-0.05, 0) is 25.7 Å². The standard InChI is InChI=1S/C9H17/c1-5-8(3)7-9(4)6-2/h7H,5-6H2,1-4H3. The zero-order valence-electron chi connectivity index (χ0n) is 6.99. The highest BCUT2D eigenvalue weighted by molar-refractivity contribution is 5.12. The average Bonchev–Trinajstić information content (AvgIpc) is 1.87. The lowest BCUT2D eigenvalue weighted by Gasteiger charge is -2.01. The lowest BCUT2D eigenvalue weighted by atomic mass is 10.0. The van der Waals surface area contributed by atoms with Crippen molar-refractivity contribution >= 4 is 0 Å². The minimum absolute atomic E-state index is 1.18. The Balaban J connectivity index is 3.64. The minimum atomic E-state index is 1.18. The van der Waals surface area contributed by atoms with Crippen LogP contribution in [0.4, 0.5) is 0 Å². The molecular weight excluding hydrogens is 108 g/mol. The first-order valence-electron chi connectivity index (χ1n) is 3.70. The van der Waals surface area contributed by atoms with Crippen molar-refractivity contribution in [3.05, 3.63) is 17.6 Å². The van der Waals surface area contributed by atoms with Crippen LogP contribution in [0.5, 0.6) is 0 Å². The van der Waals surface area contributed by atoms with Crippen LogP contribution in [0.3, 0.4) is 0 Å². The number of hydrogen-bond donors (Lipinski definition) is 0. The Kier molecular flexibility index (Phi) is 4.47. The predicted octanol–water partition coefficient (Wildman–Crippen LogP) is 3.35. The lowest BCUT2D eigenvalue weighted by Crippen LogP contribution is -1.83. The van der Waals surface area contributed by atoms with Gasteiger partial charge in [0.15, 0.2) is 0 Å². The van der Waals surface area contributed by atoms with E-state index in [1.807, 2.05) is 0 Å². The fraction of sp³-hybridized carbons (Fsp3) is 0.667. The second-order valence-corrected chi connectivity index (χ2v) is 2.54. The highest BCUT2D eigenvalue weighted by Gasteiger charge is 1.92. The minimum Gasteiger partial charge on any atom is -0.0788 e. The van der Waals surface area contributed by atoms with E-state index < -0.39 is 0 Å². The molecule has 0 spiro atoms. The molecule has 9 heavy (non-hydrogen) atoms. The molecule has 0 N–H and O–H groups in total. The van der Waals surface area contributed by atoms with Gasteiger partial charge in [-0.2, -0.15) is 0 Å². The average molecular weight is 125 g/mol. The molecular formula is C9H17. The fourth-order valence-electron chi connectivity index (χ4n) is 0.625. The molecule has 0 nitrogen and oxygen atoms in total. The number of rotatable bonds is 3. The molecule has 1 radical (unpaired) electrons. The summed E-state index contributed by atoms with van der Waals surface area (Å²) in [5.74, 6) is 1.48. The Bertz CT molecular complexity index is 90.2. The van der Waals surface area contributed by atoms with Gasteiger partial charge in [0.1, 0.15) is 0 Å². The number of allylic oxidation sites excluding steroid dienone is 2. The van der Waals surface area contributed by atoms with Crippen molar-refractivity contribution in [1.82, 2.24) is 0 Å².